The van der Waals surface area contributed by atoms with Gasteiger partial charge in [0, 0.05) is 5.41 Å². The highest BCUT2D eigenvalue weighted by Crippen LogP contribution is 2.49. The van der Waals surface area contributed by atoms with Crippen molar-refractivity contribution in [1.29, 1.82) is 0 Å². The lowest BCUT2D eigenvalue weighted by atomic mass is 9.81. The van der Waals surface area contributed by atoms with E-state index in [-0.39, 0.29) is 5.41 Å². The van der Waals surface area contributed by atoms with Crippen molar-refractivity contribution in [2.45, 2.75) is 98.3 Å². The SMILES string of the molecule is CC(C)c1ccc(-c2ccc3c(c2)C(C)(C)c2ccccc2-3)cc1C(C)C.CC(C)c1ccccc1C(C)C. The van der Waals surface area contributed by atoms with Crippen molar-refractivity contribution in [3.05, 3.63) is 118 Å². The zero-order valence-electron chi connectivity index (χ0n) is 25.9. The van der Waals surface area contributed by atoms with E-state index in [0.717, 1.165) is 0 Å². The Bertz CT molecular complexity index is 1400. The van der Waals surface area contributed by atoms with Gasteiger partial charge in [-0.25, -0.2) is 0 Å². The van der Waals surface area contributed by atoms with E-state index >= 15 is 0 Å². The molecule has 0 spiro atoms. The number of fused-ring (bicyclic) bond motifs is 3. The summed E-state index contributed by atoms with van der Waals surface area (Å²) in [7, 11) is 0. The molecule has 4 aromatic carbocycles. The third-order valence-electron chi connectivity index (χ3n) is 8.49. The molecule has 4 aromatic rings. The molecule has 0 heterocycles. The number of hydrogen-bond donors (Lipinski definition) is 0. The van der Waals surface area contributed by atoms with Gasteiger partial charge in [-0.3, -0.25) is 0 Å². The average molecular weight is 517 g/mol. The van der Waals surface area contributed by atoms with Crippen LogP contribution >= 0.6 is 0 Å². The van der Waals surface area contributed by atoms with Crippen LogP contribution in [-0.4, -0.2) is 0 Å². The van der Waals surface area contributed by atoms with Crippen LogP contribution in [0.5, 0.6) is 0 Å². The molecule has 1 aliphatic carbocycles. The van der Waals surface area contributed by atoms with Crippen molar-refractivity contribution >= 4 is 0 Å². The maximum Gasteiger partial charge on any atom is 0.0159 e. The largest absolute Gasteiger partial charge is 0.0620 e. The van der Waals surface area contributed by atoms with Crippen molar-refractivity contribution in [3.8, 4) is 22.3 Å². The summed E-state index contributed by atoms with van der Waals surface area (Å²) in [6.45, 7) is 22.9. The Labute approximate surface area is 238 Å². The predicted octanol–water partition coefficient (Wildman–Crippen LogP) is 11.8. The van der Waals surface area contributed by atoms with Gasteiger partial charge in [-0.2, -0.15) is 0 Å². The van der Waals surface area contributed by atoms with Crippen LogP contribution in [0.15, 0.2) is 84.9 Å². The van der Waals surface area contributed by atoms with E-state index in [0.29, 0.717) is 23.7 Å². The van der Waals surface area contributed by atoms with Crippen molar-refractivity contribution in [3.63, 3.8) is 0 Å². The fourth-order valence-electron chi connectivity index (χ4n) is 6.23. The highest BCUT2D eigenvalue weighted by atomic mass is 14.4. The van der Waals surface area contributed by atoms with Crippen LogP contribution in [0.4, 0.5) is 0 Å². The first kappa shape index (κ1) is 28.9. The summed E-state index contributed by atoms with van der Waals surface area (Å²) in [5.74, 6) is 2.38. The first-order chi connectivity index (χ1) is 18.4. The molecule has 5 rings (SSSR count). The van der Waals surface area contributed by atoms with Crippen molar-refractivity contribution in [2.75, 3.05) is 0 Å². The van der Waals surface area contributed by atoms with Gasteiger partial charge in [-0.15, -0.1) is 0 Å². The predicted molar refractivity (Wildman–Crippen MR) is 172 cm³/mol. The van der Waals surface area contributed by atoms with E-state index < -0.39 is 0 Å². The molecule has 0 bridgehead atoms. The molecule has 1 aliphatic rings. The van der Waals surface area contributed by atoms with Gasteiger partial charge in [0.2, 0.25) is 0 Å². The molecule has 0 aromatic heterocycles. The van der Waals surface area contributed by atoms with E-state index in [9.17, 15) is 0 Å². The topological polar surface area (TPSA) is 0 Å². The summed E-state index contributed by atoms with van der Waals surface area (Å²) in [6.07, 6.45) is 0. The quantitative estimate of drug-likeness (QED) is 0.247. The van der Waals surface area contributed by atoms with Gasteiger partial charge < -0.3 is 0 Å². The fourth-order valence-corrected chi connectivity index (χ4v) is 6.23. The molecule has 0 amide bonds. The normalized spacial score (nSPS) is 13.5. The van der Waals surface area contributed by atoms with E-state index in [2.05, 4.69) is 154 Å². The first-order valence-corrected chi connectivity index (χ1v) is 14.9. The van der Waals surface area contributed by atoms with Gasteiger partial charge in [0.1, 0.15) is 0 Å². The van der Waals surface area contributed by atoms with Crippen LogP contribution in [0.2, 0.25) is 0 Å². The van der Waals surface area contributed by atoms with Crippen molar-refractivity contribution in [1.82, 2.24) is 0 Å². The summed E-state index contributed by atoms with van der Waals surface area (Å²) >= 11 is 0. The van der Waals surface area contributed by atoms with Crippen LogP contribution in [0.3, 0.4) is 0 Å². The third kappa shape index (κ3) is 5.76. The number of hydrogen-bond acceptors (Lipinski definition) is 0. The van der Waals surface area contributed by atoms with E-state index in [4.69, 9.17) is 0 Å². The molecule has 0 radical (unpaired) electrons. The first-order valence-electron chi connectivity index (χ1n) is 14.9. The molecule has 0 heteroatoms. The van der Waals surface area contributed by atoms with Gasteiger partial charge in [0.25, 0.3) is 0 Å². The van der Waals surface area contributed by atoms with Crippen LogP contribution < -0.4 is 0 Å². The Hall–Kier alpha value is -3.12. The zero-order valence-corrected chi connectivity index (χ0v) is 25.9. The Kier molecular flexibility index (Phi) is 8.55. The Morgan fingerprint density at radius 3 is 1.41 bits per heavy atom. The summed E-state index contributed by atoms with van der Waals surface area (Å²) in [5, 5.41) is 0. The maximum atomic E-state index is 2.42. The van der Waals surface area contributed by atoms with E-state index in [1.807, 2.05) is 0 Å². The molecule has 0 N–H and O–H groups in total. The molecular formula is C39H48. The number of rotatable bonds is 5. The lowest BCUT2D eigenvalue weighted by molar-refractivity contribution is 0.660. The molecule has 204 valence electrons. The molecule has 39 heavy (non-hydrogen) atoms. The molecule has 0 atom stereocenters. The minimum Gasteiger partial charge on any atom is -0.0620 e. The van der Waals surface area contributed by atoms with E-state index in [1.165, 1.54) is 55.6 Å². The van der Waals surface area contributed by atoms with E-state index in [1.54, 1.807) is 0 Å². The zero-order chi connectivity index (χ0) is 28.5. The summed E-state index contributed by atoms with van der Waals surface area (Å²) < 4.78 is 0. The Morgan fingerprint density at radius 2 is 0.846 bits per heavy atom. The molecule has 0 aliphatic heterocycles. The lowest BCUT2D eigenvalue weighted by Gasteiger charge is -2.22. The summed E-state index contributed by atoms with van der Waals surface area (Å²) in [4.78, 5) is 0. The minimum absolute atomic E-state index is 0.0562. The average Bonchev–Trinajstić information content (AvgIpc) is 3.15. The molecular weight excluding hydrogens is 468 g/mol. The van der Waals surface area contributed by atoms with Crippen molar-refractivity contribution < 1.29 is 0 Å². The van der Waals surface area contributed by atoms with Crippen LogP contribution in [-0.2, 0) is 5.41 Å². The minimum atomic E-state index is 0.0562. The smallest absolute Gasteiger partial charge is 0.0159 e. The summed E-state index contributed by atoms with van der Waals surface area (Å²) in [5.41, 5.74) is 14.3. The molecule has 0 fully saturated rings. The fraction of sp³-hybridized carbons (Fsp3) is 0.385. The van der Waals surface area contributed by atoms with Gasteiger partial charge in [-0.1, -0.05) is 148 Å². The Balaban J connectivity index is 0.000000247. The second-order valence-electron chi connectivity index (χ2n) is 13.0. The highest BCUT2D eigenvalue weighted by Gasteiger charge is 2.35. The van der Waals surface area contributed by atoms with Gasteiger partial charge in [0.05, 0.1) is 0 Å². The van der Waals surface area contributed by atoms with Crippen LogP contribution in [0.25, 0.3) is 22.3 Å². The van der Waals surface area contributed by atoms with Crippen LogP contribution in [0, 0.1) is 0 Å². The van der Waals surface area contributed by atoms with Gasteiger partial charge in [-0.05, 0) is 85.4 Å². The standard InChI is InChI=1S/C27H30.C12H18/c1-17(2)21-13-11-19(15-24(21)18(3)4)20-12-14-23-22-9-7-8-10-25(22)27(5,6)26(23)16-20;1-9(2)11-7-5-6-8-12(11)10(3)4/h7-18H,1-6H3;5-10H,1-4H3. The van der Waals surface area contributed by atoms with Gasteiger partial charge in [0.15, 0.2) is 0 Å². The second-order valence-corrected chi connectivity index (χ2v) is 13.0. The molecule has 0 saturated heterocycles. The highest BCUT2D eigenvalue weighted by molar-refractivity contribution is 5.83. The van der Waals surface area contributed by atoms with Crippen molar-refractivity contribution in [2.24, 2.45) is 0 Å². The Morgan fingerprint density at radius 1 is 0.410 bits per heavy atom. The molecule has 0 unspecified atom stereocenters. The lowest BCUT2D eigenvalue weighted by Crippen LogP contribution is -2.14. The third-order valence-corrected chi connectivity index (χ3v) is 8.49. The van der Waals surface area contributed by atoms with Gasteiger partial charge >= 0.3 is 0 Å². The monoisotopic (exact) mass is 516 g/mol. The summed E-state index contributed by atoms with van der Waals surface area (Å²) in [6, 6.07) is 31.7. The second kappa shape index (κ2) is 11.5. The maximum absolute atomic E-state index is 2.42. The number of benzene rings is 4. The molecule has 0 nitrogen and oxygen atoms in total. The van der Waals surface area contributed by atoms with Crippen LogP contribution in [0.1, 0.15) is 126 Å². The molecule has 0 saturated carbocycles.